The molecule has 3 heterocycles. The Labute approximate surface area is 228 Å². The number of nitrogens with two attached hydrogens (primary N) is 1. The van der Waals surface area contributed by atoms with Crippen LogP contribution in [0.1, 0.15) is 47.2 Å². The predicted octanol–water partition coefficient (Wildman–Crippen LogP) is 5.51. The summed E-state index contributed by atoms with van der Waals surface area (Å²) in [5.74, 6) is 1.09. The highest BCUT2D eigenvalue weighted by molar-refractivity contribution is 7.58. The zero-order valence-electron chi connectivity index (χ0n) is 21.6. The molecule has 5 rings (SSSR count). The number of rotatable bonds is 8. The number of aromatic nitrogens is 3. The van der Waals surface area contributed by atoms with Gasteiger partial charge in [0.15, 0.2) is 17.9 Å². The van der Waals surface area contributed by atoms with Crippen LogP contribution in [0.3, 0.4) is 0 Å². The molecule has 2 aromatic carbocycles. The van der Waals surface area contributed by atoms with Gasteiger partial charge in [0.2, 0.25) is 5.82 Å². The summed E-state index contributed by atoms with van der Waals surface area (Å²) >= 11 is 0. The molecule has 4 atom stereocenters. The van der Waals surface area contributed by atoms with E-state index in [2.05, 4.69) is 10.1 Å². The summed E-state index contributed by atoms with van der Waals surface area (Å²) in [6, 6.07) is 17.6. The van der Waals surface area contributed by atoms with E-state index in [0.717, 1.165) is 0 Å². The van der Waals surface area contributed by atoms with Gasteiger partial charge in [0.1, 0.15) is 36.1 Å². The zero-order valence-corrected chi connectivity index (χ0v) is 22.5. The highest BCUT2D eigenvalue weighted by atomic mass is 31.2. The van der Waals surface area contributed by atoms with Crippen LogP contribution < -0.4 is 14.8 Å². The summed E-state index contributed by atoms with van der Waals surface area (Å²) in [4.78, 5) is 4.04. The lowest BCUT2D eigenvalue weighted by Gasteiger charge is -2.23. The molecule has 210 valence electrons. The quantitative estimate of drug-likeness (QED) is 0.208. The molecule has 2 aliphatic heterocycles. The van der Waals surface area contributed by atoms with Crippen LogP contribution >= 0.6 is 7.60 Å². The Balaban J connectivity index is 0.00000137. The summed E-state index contributed by atoms with van der Waals surface area (Å²) in [5.41, 5.74) is 5.50. The maximum atomic E-state index is 13.8. The van der Waals surface area contributed by atoms with Crippen LogP contribution in [-0.2, 0) is 18.8 Å². The van der Waals surface area contributed by atoms with Crippen molar-refractivity contribution in [1.82, 2.24) is 14.8 Å². The highest BCUT2D eigenvalue weighted by Gasteiger charge is 2.55. The Kier molecular flexibility index (Phi) is 9.68. The van der Waals surface area contributed by atoms with Gasteiger partial charge in [-0.05, 0) is 44.2 Å². The van der Waals surface area contributed by atoms with Crippen molar-refractivity contribution in [3.05, 3.63) is 84.7 Å². The maximum Gasteiger partial charge on any atom is 0.455 e. The molecule has 4 unspecified atom stereocenters. The minimum Gasteiger partial charge on any atom is -0.413 e. The zero-order chi connectivity index (χ0) is 27.3. The second kappa shape index (κ2) is 12.6. The van der Waals surface area contributed by atoms with Gasteiger partial charge in [0.05, 0.1) is 5.82 Å². The third-order valence-corrected chi connectivity index (χ3v) is 6.95. The lowest BCUT2D eigenvalue weighted by molar-refractivity contribution is -0.192. The first kappa shape index (κ1) is 30.0. The number of nitrogen functional groups attached to an aromatic ring is 1. The molecule has 0 spiro atoms. The molecule has 3 aromatic rings. The van der Waals surface area contributed by atoms with Gasteiger partial charge in [0, 0.05) is 0 Å². The SMILES string of the molecule is C.CC.CC1(C)OC2C(/C=C/P(=O)(Oc3ccccc3)Oc3ccccc3)OC(n3cnc(C(=N)N)n3)C2O1. The Hall–Kier alpha value is -3.50. The standard InChI is InChI=1S/C24H26N5O6P.C2H6.CH4/c1-24(2)32-19-18(31-23(20(19)33-24)29-15-27-22(28-29)21(25)26)13-14-36(30,34-16-9-5-3-6-10-16)35-17-11-7-4-8-12-17;1-2;/h3-15,18-20,23H,1-2H3,(H3,25,26);1-2H3;1H4/b14-13+;;. The Morgan fingerprint density at radius 3 is 2.08 bits per heavy atom. The predicted molar refractivity (Wildman–Crippen MR) is 148 cm³/mol. The van der Waals surface area contributed by atoms with Crippen LogP contribution in [0.25, 0.3) is 0 Å². The van der Waals surface area contributed by atoms with Gasteiger partial charge < -0.3 is 29.0 Å². The third-order valence-electron chi connectivity index (χ3n) is 5.49. The summed E-state index contributed by atoms with van der Waals surface area (Å²) in [6.45, 7) is 7.60. The topological polar surface area (TPSA) is 144 Å². The second-order valence-corrected chi connectivity index (χ2v) is 10.5. The molecule has 3 N–H and O–H groups in total. The van der Waals surface area contributed by atoms with Gasteiger partial charge in [-0.25, -0.2) is 14.2 Å². The van der Waals surface area contributed by atoms with E-state index in [1.807, 2.05) is 26.0 Å². The fourth-order valence-electron chi connectivity index (χ4n) is 4.02. The number of nitrogens with zero attached hydrogens (tertiary/aromatic N) is 3. The Morgan fingerprint density at radius 2 is 1.56 bits per heavy atom. The summed E-state index contributed by atoms with van der Waals surface area (Å²) in [5, 5.41) is 11.8. The lowest BCUT2D eigenvalue weighted by atomic mass is 10.1. The van der Waals surface area contributed by atoms with Crippen LogP contribution in [0.5, 0.6) is 11.5 Å². The first-order valence-corrected chi connectivity index (χ1v) is 13.9. The van der Waals surface area contributed by atoms with Crippen molar-refractivity contribution in [2.75, 3.05) is 0 Å². The highest BCUT2D eigenvalue weighted by Crippen LogP contribution is 2.51. The third kappa shape index (κ3) is 7.13. The van der Waals surface area contributed by atoms with E-state index in [4.69, 9.17) is 34.4 Å². The molecule has 12 heteroatoms. The number of ether oxygens (including phenoxy) is 3. The Bertz CT molecular complexity index is 1250. The first-order chi connectivity index (χ1) is 18.2. The monoisotopic (exact) mass is 557 g/mol. The normalized spacial score (nSPS) is 23.3. The van der Waals surface area contributed by atoms with Crippen molar-refractivity contribution in [3.8, 4) is 11.5 Å². The van der Waals surface area contributed by atoms with Crippen molar-refractivity contribution in [3.63, 3.8) is 0 Å². The van der Waals surface area contributed by atoms with Crippen molar-refractivity contribution in [2.45, 2.75) is 65.4 Å². The summed E-state index contributed by atoms with van der Waals surface area (Å²) < 4.78 is 45.2. The van der Waals surface area contributed by atoms with Crippen LogP contribution in [-0.4, -0.2) is 44.7 Å². The lowest BCUT2D eigenvalue weighted by Crippen LogP contribution is -2.28. The average Bonchev–Trinajstić information content (AvgIpc) is 3.59. The molecule has 39 heavy (non-hydrogen) atoms. The van der Waals surface area contributed by atoms with Gasteiger partial charge in [0.25, 0.3) is 0 Å². The molecule has 11 nitrogen and oxygen atoms in total. The molecule has 0 bridgehead atoms. The van der Waals surface area contributed by atoms with Crippen LogP contribution in [0.2, 0.25) is 0 Å². The molecule has 2 fully saturated rings. The van der Waals surface area contributed by atoms with Crippen molar-refractivity contribution in [2.24, 2.45) is 5.73 Å². The molecule has 0 aliphatic carbocycles. The fraction of sp³-hybridized carbons (Fsp3) is 0.370. The first-order valence-electron chi connectivity index (χ1n) is 12.3. The average molecular weight is 558 g/mol. The number of fused-ring (bicyclic) bond motifs is 1. The van der Waals surface area contributed by atoms with Crippen molar-refractivity contribution < 1.29 is 27.8 Å². The van der Waals surface area contributed by atoms with E-state index in [9.17, 15) is 4.57 Å². The maximum absolute atomic E-state index is 13.8. The number of benzene rings is 2. The van der Waals surface area contributed by atoms with E-state index in [0.29, 0.717) is 11.5 Å². The summed E-state index contributed by atoms with van der Waals surface area (Å²) in [7, 11) is -3.82. The van der Waals surface area contributed by atoms with Crippen LogP contribution in [0.15, 0.2) is 78.9 Å². The molecule has 0 saturated carbocycles. The molecular weight excluding hydrogens is 521 g/mol. The van der Waals surface area contributed by atoms with Gasteiger partial charge in [-0.2, -0.15) is 0 Å². The van der Waals surface area contributed by atoms with Gasteiger partial charge in [-0.15, -0.1) is 5.10 Å². The molecule has 2 aliphatic rings. The van der Waals surface area contributed by atoms with Crippen molar-refractivity contribution in [1.29, 1.82) is 5.41 Å². The Morgan fingerprint density at radius 1 is 1.03 bits per heavy atom. The molecule has 0 radical (unpaired) electrons. The van der Waals surface area contributed by atoms with Crippen molar-refractivity contribution >= 4 is 13.4 Å². The fourth-order valence-corrected chi connectivity index (χ4v) is 5.39. The van der Waals surface area contributed by atoms with Gasteiger partial charge >= 0.3 is 7.60 Å². The number of hydrogen-bond acceptors (Lipinski definition) is 9. The second-order valence-electron chi connectivity index (χ2n) is 8.71. The van der Waals surface area contributed by atoms with E-state index in [-0.39, 0.29) is 19.1 Å². The number of nitrogens with one attached hydrogen (secondary N) is 1. The molecule has 1 aromatic heterocycles. The minimum absolute atomic E-state index is 0. The number of amidine groups is 1. The smallest absolute Gasteiger partial charge is 0.413 e. The van der Waals surface area contributed by atoms with Crippen LogP contribution in [0, 0.1) is 5.41 Å². The van der Waals surface area contributed by atoms with Gasteiger partial charge in [-0.1, -0.05) is 57.7 Å². The number of hydrogen-bond donors (Lipinski definition) is 2. The molecule has 2 saturated heterocycles. The number of para-hydroxylation sites is 2. The van der Waals surface area contributed by atoms with E-state index in [1.54, 1.807) is 68.5 Å². The summed E-state index contributed by atoms with van der Waals surface area (Å²) in [6.07, 6.45) is 0.558. The largest absolute Gasteiger partial charge is 0.455 e. The minimum atomic E-state index is -3.82. The van der Waals surface area contributed by atoms with E-state index >= 15 is 0 Å². The molecule has 0 amide bonds. The van der Waals surface area contributed by atoms with Crippen LogP contribution in [0.4, 0.5) is 0 Å². The molecular formula is C27H36N5O6P. The van der Waals surface area contributed by atoms with E-state index < -0.39 is 37.9 Å². The van der Waals surface area contributed by atoms with E-state index in [1.165, 1.54) is 16.8 Å². The van der Waals surface area contributed by atoms with Gasteiger partial charge in [-0.3, -0.25) is 5.41 Å².